The number of aryl methyl sites for hydroxylation is 1. The van der Waals surface area contributed by atoms with Gasteiger partial charge in [0.1, 0.15) is 0 Å². The van der Waals surface area contributed by atoms with Gasteiger partial charge in [0, 0.05) is 23.1 Å². The molecule has 0 aliphatic heterocycles. The van der Waals surface area contributed by atoms with Crippen molar-refractivity contribution in [2.45, 2.75) is 12.8 Å². The predicted molar refractivity (Wildman–Crippen MR) is 99.9 cm³/mol. The normalized spacial score (nSPS) is 15.2. The quantitative estimate of drug-likeness (QED) is 0.431. The van der Waals surface area contributed by atoms with Gasteiger partial charge in [-0.05, 0) is 42.7 Å². The van der Waals surface area contributed by atoms with E-state index >= 15 is 0 Å². The van der Waals surface area contributed by atoms with Gasteiger partial charge in [-0.1, -0.05) is 18.2 Å². The van der Waals surface area contributed by atoms with E-state index in [0.29, 0.717) is 29.7 Å². The summed E-state index contributed by atoms with van der Waals surface area (Å²) in [5.41, 5.74) is 10.1. The van der Waals surface area contributed by atoms with Gasteiger partial charge in [0.05, 0.1) is 27.4 Å². The van der Waals surface area contributed by atoms with Gasteiger partial charge in [0.15, 0.2) is 5.78 Å². The van der Waals surface area contributed by atoms with Gasteiger partial charge in [-0.3, -0.25) is 19.9 Å². The fraction of sp³-hybridized carbons (Fsp3) is 0.100. The molecule has 4 rings (SSSR count). The first kappa shape index (κ1) is 16.0. The molecule has 6 heteroatoms. The van der Waals surface area contributed by atoms with Crippen LogP contribution in [0.25, 0.3) is 17.0 Å². The summed E-state index contributed by atoms with van der Waals surface area (Å²) in [4.78, 5) is 27.9. The topological polar surface area (TPSA) is 99.1 Å². The molecule has 0 atom stereocenters. The van der Waals surface area contributed by atoms with Crippen molar-refractivity contribution in [1.29, 1.82) is 0 Å². The van der Waals surface area contributed by atoms with Gasteiger partial charge in [0.25, 0.3) is 5.69 Å². The molecule has 0 radical (unpaired) electrons. The lowest BCUT2D eigenvalue weighted by atomic mass is 9.87. The molecule has 0 unspecified atom stereocenters. The van der Waals surface area contributed by atoms with Crippen molar-refractivity contribution in [2.24, 2.45) is 0 Å². The van der Waals surface area contributed by atoms with Gasteiger partial charge in [0.2, 0.25) is 0 Å². The molecule has 0 spiro atoms. The summed E-state index contributed by atoms with van der Waals surface area (Å²) in [6.45, 7) is 0. The van der Waals surface area contributed by atoms with E-state index in [1.807, 2.05) is 24.3 Å². The fourth-order valence-electron chi connectivity index (χ4n) is 3.28. The smallest absolute Gasteiger partial charge is 0.269 e. The van der Waals surface area contributed by atoms with Crippen LogP contribution in [0.5, 0.6) is 0 Å². The van der Waals surface area contributed by atoms with E-state index in [2.05, 4.69) is 4.98 Å². The highest BCUT2D eigenvalue weighted by atomic mass is 16.6. The molecule has 0 amide bonds. The Hall–Kier alpha value is -3.54. The number of nitro groups is 1. The van der Waals surface area contributed by atoms with Crippen LogP contribution >= 0.6 is 0 Å². The molecular formula is C20H15N3O3. The zero-order chi connectivity index (χ0) is 18.3. The molecular weight excluding hydrogens is 330 g/mol. The zero-order valence-corrected chi connectivity index (χ0v) is 13.8. The number of nitrogens with two attached hydrogens (primary N) is 1. The molecule has 1 aromatic heterocycles. The second-order valence-electron chi connectivity index (χ2n) is 6.21. The molecule has 0 saturated heterocycles. The number of rotatable bonds is 2. The first-order valence-electron chi connectivity index (χ1n) is 8.21. The van der Waals surface area contributed by atoms with Crippen LogP contribution in [0.4, 0.5) is 11.4 Å². The van der Waals surface area contributed by atoms with Gasteiger partial charge in [-0.15, -0.1) is 0 Å². The Morgan fingerprint density at radius 1 is 1.08 bits per heavy atom. The summed E-state index contributed by atoms with van der Waals surface area (Å²) in [6, 6.07) is 13.6. The minimum atomic E-state index is -0.448. The number of nitro benzene ring substituents is 1. The van der Waals surface area contributed by atoms with Crippen molar-refractivity contribution in [1.82, 2.24) is 4.98 Å². The molecule has 26 heavy (non-hydrogen) atoms. The van der Waals surface area contributed by atoms with E-state index in [1.54, 1.807) is 18.2 Å². The van der Waals surface area contributed by atoms with Crippen molar-refractivity contribution in [3.8, 4) is 0 Å². The highest BCUT2D eigenvalue weighted by molar-refractivity contribution is 6.18. The van der Waals surface area contributed by atoms with Gasteiger partial charge in [-0.25, -0.2) is 0 Å². The van der Waals surface area contributed by atoms with E-state index in [1.165, 1.54) is 12.1 Å². The number of hydrogen-bond acceptors (Lipinski definition) is 5. The second kappa shape index (κ2) is 6.07. The van der Waals surface area contributed by atoms with Crippen LogP contribution in [0.3, 0.4) is 0 Å². The Morgan fingerprint density at radius 2 is 1.81 bits per heavy atom. The number of allylic oxidation sites excluding steroid dienone is 1. The average molecular weight is 345 g/mol. The van der Waals surface area contributed by atoms with Crippen LogP contribution in [0, 0.1) is 10.1 Å². The van der Waals surface area contributed by atoms with Crippen LogP contribution in [-0.4, -0.2) is 15.7 Å². The lowest BCUT2D eigenvalue weighted by Crippen LogP contribution is -2.18. The number of aromatic nitrogens is 1. The Labute approximate surface area is 149 Å². The number of ketones is 1. The van der Waals surface area contributed by atoms with Crippen molar-refractivity contribution < 1.29 is 9.72 Å². The van der Waals surface area contributed by atoms with E-state index in [4.69, 9.17) is 5.73 Å². The number of nitrogens with zero attached hydrogens (tertiary/aromatic N) is 2. The summed E-state index contributed by atoms with van der Waals surface area (Å²) >= 11 is 0. The molecule has 1 aliphatic rings. The number of anilines is 1. The molecule has 1 aliphatic carbocycles. The maximum Gasteiger partial charge on any atom is 0.269 e. The Balaban J connectivity index is 1.76. The molecule has 0 fully saturated rings. The van der Waals surface area contributed by atoms with Crippen LogP contribution < -0.4 is 5.73 Å². The zero-order valence-electron chi connectivity index (χ0n) is 13.8. The number of Topliss-reactive ketones (excluding diaryl/α,β-unsaturated/α-hetero) is 1. The number of nitrogen functional groups attached to an aromatic ring is 1. The van der Waals surface area contributed by atoms with E-state index in [9.17, 15) is 14.9 Å². The third kappa shape index (κ3) is 2.61. The number of carbonyl (C=O) groups is 1. The number of carbonyl (C=O) groups excluding carboxylic acids is 1. The maximum absolute atomic E-state index is 13.0. The lowest BCUT2D eigenvalue weighted by Gasteiger charge is -2.20. The second-order valence-corrected chi connectivity index (χ2v) is 6.21. The third-order valence-corrected chi connectivity index (χ3v) is 4.60. The van der Waals surface area contributed by atoms with Crippen LogP contribution in [0.2, 0.25) is 0 Å². The highest BCUT2D eigenvalue weighted by Crippen LogP contribution is 2.33. The number of pyridine rings is 1. The molecule has 128 valence electrons. The summed E-state index contributed by atoms with van der Waals surface area (Å²) in [5.74, 6) is -0.125. The average Bonchev–Trinajstić information content (AvgIpc) is 2.64. The Bertz CT molecular complexity index is 1090. The van der Waals surface area contributed by atoms with Crippen molar-refractivity contribution in [3.63, 3.8) is 0 Å². The molecule has 0 bridgehead atoms. The minimum absolute atomic E-state index is 0.0207. The number of para-hydroxylation sites is 1. The molecule has 2 aromatic carbocycles. The van der Waals surface area contributed by atoms with Gasteiger partial charge < -0.3 is 5.73 Å². The monoisotopic (exact) mass is 345 g/mol. The molecule has 1 heterocycles. The molecule has 3 aromatic rings. The predicted octanol–water partition coefficient (Wildman–Crippen LogP) is 3.94. The minimum Gasteiger partial charge on any atom is -0.398 e. The molecule has 2 N–H and O–H groups in total. The first-order chi connectivity index (χ1) is 12.5. The number of hydrogen-bond donors (Lipinski definition) is 1. The summed E-state index contributed by atoms with van der Waals surface area (Å²) in [5, 5.41) is 11.5. The highest BCUT2D eigenvalue weighted by Gasteiger charge is 2.26. The van der Waals surface area contributed by atoms with Gasteiger partial charge in [-0.2, -0.15) is 0 Å². The van der Waals surface area contributed by atoms with Crippen LogP contribution in [-0.2, 0) is 6.42 Å². The maximum atomic E-state index is 13.0. The van der Waals surface area contributed by atoms with Crippen LogP contribution in [0.1, 0.15) is 28.0 Å². The standard InChI is InChI=1S/C20H15N3O3/c21-19-15-3-1-2-4-16(15)22-17-10-7-13(20(24)18(17)19)11-12-5-8-14(9-6-12)23(25)26/h1-6,8-9,11H,7,10H2,(H2,21,22)/b13-11+. The number of fused-ring (bicyclic) bond motifs is 2. The summed E-state index contributed by atoms with van der Waals surface area (Å²) in [7, 11) is 0. The van der Waals surface area contributed by atoms with Crippen LogP contribution in [0.15, 0.2) is 54.1 Å². The van der Waals surface area contributed by atoms with Gasteiger partial charge >= 0.3 is 0 Å². The summed E-state index contributed by atoms with van der Waals surface area (Å²) < 4.78 is 0. The summed E-state index contributed by atoms with van der Waals surface area (Å²) in [6.07, 6.45) is 2.96. The fourth-order valence-corrected chi connectivity index (χ4v) is 3.28. The first-order valence-corrected chi connectivity index (χ1v) is 8.21. The Morgan fingerprint density at radius 3 is 2.54 bits per heavy atom. The van der Waals surface area contributed by atoms with Crippen molar-refractivity contribution in [2.75, 3.05) is 5.73 Å². The van der Waals surface area contributed by atoms with Crippen molar-refractivity contribution >= 4 is 34.1 Å². The molecule has 0 saturated carbocycles. The largest absolute Gasteiger partial charge is 0.398 e. The lowest BCUT2D eigenvalue weighted by molar-refractivity contribution is -0.384. The van der Waals surface area contributed by atoms with E-state index in [0.717, 1.165) is 22.2 Å². The SMILES string of the molecule is Nc1c2c(nc3ccccc13)CC/C(=C\c1ccc([N+](=O)[O-])cc1)C2=O. The van der Waals surface area contributed by atoms with E-state index in [-0.39, 0.29) is 11.5 Å². The van der Waals surface area contributed by atoms with E-state index < -0.39 is 4.92 Å². The molecule has 6 nitrogen and oxygen atoms in total. The van der Waals surface area contributed by atoms with Crippen molar-refractivity contribution in [3.05, 3.63) is 81.0 Å². The number of benzene rings is 2. The Kier molecular flexibility index (Phi) is 3.73. The number of non-ortho nitro benzene ring substituents is 1. The third-order valence-electron chi connectivity index (χ3n) is 4.60.